The Labute approximate surface area is 129 Å². The molecule has 0 N–H and O–H groups in total. The van der Waals surface area contributed by atoms with Crippen molar-refractivity contribution in [1.29, 1.82) is 0 Å². The lowest BCUT2D eigenvalue weighted by molar-refractivity contribution is -0.142. The van der Waals surface area contributed by atoms with E-state index in [1.165, 1.54) is 6.92 Å². The fourth-order valence-electron chi connectivity index (χ4n) is 1.86. The normalized spacial score (nSPS) is 15.4. The van der Waals surface area contributed by atoms with Crippen molar-refractivity contribution >= 4 is 23.4 Å². The standard InChI is InChI=1S/C14H22N4O2S/c1-9(19)20-8-14(5,6)11-15-16-12-18(11)17-10(7-21-12)13(2,3)4/h7-8H2,1-6H3. The Hall–Kier alpha value is -1.37. The molecule has 1 aromatic heterocycles. The molecule has 0 aromatic carbocycles. The van der Waals surface area contributed by atoms with Crippen LogP contribution in [0.3, 0.4) is 0 Å². The van der Waals surface area contributed by atoms with Crippen LogP contribution in [0.4, 0.5) is 0 Å². The molecule has 1 aromatic rings. The van der Waals surface area contributed by atoms with Crippen molar-refractivity contribution in [1.82, 2.24) is 14.9 Å². The van der Waals surface area contributed by atoms with Crippen LogP contribution in [-0.2, 0) is 14.9 Å². The Kier molecular flexibility index (Phi) is 4.15. The third-order valence-corrected chi connectivity index (χ3v) is 4.21. The Morgan fingerprint density at radius 3 is 2.52 bits per heavy atom. The van der Waals surface area contributed by atoms with Crippen molar-refractivity contribution < 1.29 is 9.53 Å². The summed E-state index contributed by atoms with van der Waals surface area (Å²) in [5.74, 6) is 1.24. The third-order valence-electron chi connectivity index (χ3n) is 3.28. The first-order valence-electron chi connectivity index (χ1n) is 6.91. The van der Waals surface area contributed by atoms with Crippen LogP contribution in [0.1, 0.15) is 47.4 Å². The molecule has 0 unspecified atom stereocenters. The summed E-state index contributed by atoms with van der Waals surface area (Å²) in [5.41, 5.74) is 0.664. The molecule has 0 fully saturated rings. The molecule has 0 saturated carbocycles. The first-order valence-corrected chi connectivity index (χ1v) is 7.90. The third kappa shape index (κ3) is 3.45. The van der Waals surface area contributed by atoms with E-state index in [0.717, 1.165) is 16.6 Å². The Morgan fingerprint density at radius 1 is 1.29 bits per heavy atom. The minimum atomic E-state index is -0.443. The molecule has 2 rings (SSSR count). The molecule has 2 heterocycles. The van der Waals surface area contributed by atoms with Crippen molar-refractivity contribution in [2.24, 2.45) is 10.5 Å². The second-order valence-electron chi connectivity index (χ2n) is 6.87. The second kappa shape index (κ2) is 5.44. The Bertz CT molecular complexity index is 584. The molecule has 7 heteroatoms. The number of carbonyl (C=O) groups is 1. The fourth-order valence-corrected chi connectivity index (χ4v) is 2.97. The first kappa shape index (κ1) is 16.0. The van der Waals surface area contributed by atoms with Gasteiger partial charge >= 0.3 is 5.97 Å². The maximum Gasteiger partial charge on any atom is 0.302 e. The van der Waals surface area contributed by atoms with Gasteiger partial charge in [0.25, 0.3) is 0 Å². The van der Waals surface area contributed by atoms with Gasteiger partial charge in [-0.1, -0.05) is 32.5 Å². The lowest BCUT2D eigenvalue weighted by Gasteiger charge is -2.27. The SMILES string of the molecule is CC(=O)OCC(C)(C)c1nnc2n1N=C(C(C)(C)C)CS2. The number of rotatable bonds is 3. The number of carbonyl (C=O) groups excluding carboxylic acids is 1. The monoisotopic (exact) mass is 310 g/mol. The van der Waals surface area contributed by atoms with E-state index in [4.69, 9.17) is 9.84 Å². The van der Waals surface area contributed by atoms with Gasteiger partial charge in [0.05, 0.1) is 11.1 Å². The molecule has 0 atom stereocenters. The zero-order chi connectivity index (χ0) is 15.8. The van der Waals surface area contributed by atoms with Crippen molar-refractivity contribution in [3.05, 3.63) is 5.82 Å². The highest BCUT2D eigenvalue weighted by Gasteiger charge is 2.33. The predicted octanol–water partition coefficient (Wildman–Crippen LogP) is 2.47. The van der Waals surface area contributed by atoms with Crippen molar-refractivity contribution in [3.63, 3.8) is 0 Å². The second-order valence-corrected chi connectivity index (χ2v) is 7.81. The average Bonchev–Trinajstić information content (AvgIpc) is 2.79. The van der Waals surface area contributed by atoms with E-state index in [0.29, 0.717) is 5.82 Å². The lowest BCUT2D eigenvalue weighted by Crippen LogP contribution is -2.32. The van der Waals surface area contributed by atoms with Gasteiger partial charge in [-0.15, -0.1) is 10.2 Å². The van der Waals surface area contributed by atoms with Crippen LogP contribution in [0.5, 0.6) is 0 Å². The van der Waals surface area contributed by atoms with E-state index in [1.54, 1.807) is 16.4 Å². The maximum absolute atomic E-state index is 11.0. The molecule has 0 saturated heterocycles. The van der Waals surface area contributed by atoms with E-state index in [1.807, 2.05) is 13.8 Å². The molecule has 0 amide bonds. The Balaban J connectivity index is 2.36. The molecular weight excluding hydrogens is 288 g/mol. The summed E-state index contributed by atoms with van der Waals surface area (Å²) in [7, 11) is 0. The van der Waals surface area contributed by atoms with Gasteiger partial charge in [-0.3, -0.25) is 4.79 Å². The van der Waals surface area contributed by atoms with Crippen LogP contribution in [0.25, 0.3) is 0 Å². The number of aromatic nitrogens is 3. The fraction of sp³-hybridized carbons (Fsp3) is 0.714. The van der Waals surface area contributed by atoms with Gasteiger partial charge in [0, 0.05) is 18.1 Å². The highest BCUT2D eigenvalue weighted by molar-refractivity contribution is 7.99. The van der Waals surface area contributed by atoms with Crippen LogP contribution >= 0.6 is 11.8 Å². The van der Waals surface area contributed by atoms with E-state index < -0.39 is 5.41 Å². The minimum absolute atomic E-state index is 0.00621. The van der Waals surface area contributed by atoms with Gasteiger partial charge in [0.15, 0.2) is 5.82 Å². The quantitative estimate of drug-likeness (QED) is 0.802. The maximum atomic E-state index is 11.0. The highest BCUT2D eigenvalue weighted by atomic mass is 32.2. The predicted molar refractivity (Wildman–Crippen MR) is 82.7 cm³/mol. The van der Waals surface area contributed by atoms with Crippen molar-refractivity contribution in [3.8, 4) is 0 Å². The van der Waals surface area contributed by atoms with Gasteiger partial charge < -0.3 is 4.74 Å². The van der Waals surface area contributed by atoms with Crippen LogP contribution < -0.4 is 0 Å². The number of thioether (sulfide) groups is 1. The molecule has 116 valence electrons. The summed E-state index contributed by atoms with van der Waals surface area (Å²) in [6, 6.07) is 0. The molecule has 1 aliphatic rings. The summed E-state index contributed by atoms with van der Waals surface area (Å²) in [6.07, 6.45) is 0. The van der Waals surface area contributed by atoms with Crippen LogP contribution in [0.15, 0.2) is 10.3 Å². The minimum Gasteiger partial charge on any atom is -0.465 e. The Morgan fingerprint density at radius 2 is 1.95 bits per heavy atom. The number of fused-ring (bicyclic) bond motifs is 1. The summed E-state index contributed by atoms with van der Waals surface area (Å²) < 4.78 is 6.93. The highest BCUT2D eigenvalue weighted by Crippen LogP contribution is 2.32. The van der Waals surface area contributed by atoms with E-state index in [-0.39, 0.29) is 18.0 Å². The van der Waals surface area contributed by atoms with Crippen molar-refractivity contribution in [2.75, 3.05) is 12.4 Å². The molecule has 0 radical (unpaired) electrons. The number of esters is 1. The topological polar surface area (TPSA) is 69.4 Å². The van der Waals surface area contributed by atoms with E-state index >= 15 is 0 Å². The van der Waals surface area contributed by atoms with Gasteiger partial charge in [-0.25, -0.2) is 0 Å². The number of nitrogens with zero attached hydrogens (tertiary/aromatic N) is 4. The lowest BCUT2D eigenvalue weighted by atomic mass is 9.91. The van der Waals surface area contributed by atoms with Gasteiger partial charge in [-0.05, 0) is 13.8 Å². The molecular formula is C14H22N4O2S. The van der Waals surface area contributed by atoms with Crippen molar-refractivity contribution in [2.45, 2.75) is 52.1 Å². The van der Waals surface area contributed by atoms with Gasteiger partial charge in [-0.2, -0.15) is 9.78 Å². The zero-order valence-corrected chi connectivity index (χ0v) is 14.2. The molecule has 6 nitrogen and oxygen atoms in total. The first-order chi connectivity index (χ1) is 9.61. The molecule has 0 bridgehead atoms. The van der Waals surface area contributed by atoms with Crippen LogP contribution in [0.2, 0.25) is 0 Å². The number of hydrogen-bond acceptors (Lipinski definition) is 6. The molecule has 1 aliphatic heterocycles. The van der Waals surface area contributed by atoms with Gasteiger partial charge in [0.2, 0.25) is 5.16 Å². The number of hydrogen-bond donors (Lipinski definition) is 0. The molecule has 0 aliphatic carbocycles. The summed E-state index contributed by atoms with van der Waals surface area (Å²) in [6.45, 7) is 12.0. The summed E-state index contributed by atoms with van der Waals surface area (Å²) in [5, 5.41) is 14.0. The van der Waals surface area contributed by atoms with E-state index in [2.05, 4.69) is 31.0 Å². The van der Waals surface area contributed by atoms with Crippen LogP contribution in [0, 0.1) is 5.41 Å². The van der Waals surface area contributed by atoms with Gasteiger partial charge in [0.1, 0.15) is 6.61 Å². The average molecular weight is 310 g/mol. The van der Waals surface area contributed by atoms with Crippen LogP contribution in [-0.4, -0.2) is 38.9 Å². The zero-order valence-electron chi connectivity index (χ0n) is 13.4. The number of ether oxygens (including phenoxy) is 1. The van der Waals surface area contributed by atoms with E-state index in [9.17, 15) is 4.79 Å². The summed E-state index contributed by atoms with van der Waals surface area (Å²) in [4.78, 5) is 11.0. The molecule has 0 spiro atoms. The smallest absolute Gasteiger partial charge is 0.302 e. The largest absolute Gasteiger partial charge is 0.465 e. The summed E-state index contributed by atoms with van der Waals surface area (Å²) >= 11 is 1.64. The molecule has 21 heavy (non-hydrogen) atoms.